The molecule has 0 aromatic carbocycles. The fraction of sp³-hybridized carbons (Fsp3) is 0.714. The molecule has 22 heavy (non-hydrogen) atoms. The summed E-state index contributed by atoms with van der Waals surface area (Å²) in [6.07, 6.45) is 4.61. The Kier molecular flexibility index (Phi) is 6.48. The van der Waals surface area contributed by atoms with Crippen LogP contribution in [-0.4, -0.2) is 39.3 Å². The van der Waals surface area contributed by atoms with E-state index in [-0.39, 0.29) is 12.1 Å². The molecule has 1 aliphatic carbocycles. The Bertz CT molecular complexity index is 481. The van der Waals surface area contributed by atoms with E-state index in [1.54, 1.807) is 0 Å². The van der Waals surface area contributed by atoms with Gasteiger partial charge in [0.2, 0.25) is 0 Å². The molecule has 1 aliphatic rings. The number of hydrogen-bond donors (Lipinski definition) is 2. The fourth-order valence-electron chi connectivity index (χ4n) is 2.69. The SMILES string of the molecule is CCS[C@H]1CCC[C@@H](NC(=O)Nc2cnn(CC(F)F)c2)C1. The minimum Gasteiger partial charge on any atom is -0.335 e. The lowest BCUT2D eigenvalue weighted by Crippen LogP contribution is -2.41. The topological polar surface area (TPSA) is 59.0 Å². The van der Waals surface area contributed by atoms with Crippen LogP contribution in [0.4, 0.5) is 19.3 Å². The number of hydrogen-bond acceptors (Lipinski definition) is 3. The summed E-state index contributed by atoms with van der Waals surface area (Å²) < 4.78 is 25.6. The van der Waals surface area contributed by atoms with E-state index >= 15 is 0 Å². The second-order valence-corrected chi connectivity index (χ2v) is 6.96. The predicted molar refractivity (Wildman–Crippen MR) is 84.6 cm³/mol. The molecular weight excluding hydrogens is 310 g/mol. The Morgan fingerprint density at radius 3 is 3.09 bits per heavy atom. The van der Waals surface area contributed by atoms with Gasteiger partial charge in [-0.2, -0.15) is 16.9 Å². The number of halogens is 2. The van der Waals surface area contributed by atoms with Crippen LogP contribution in [0.25, 0.3) is 0 Å². The Morgan fingerprint density at radius 2 is 2.36 bits per heavy atom. The molecular formula is C14H22F2N4OS. The van der Waals surface area contributed by atoms with Crippen molar-refractivity contribution in [3.63, 3.8) is 0 Å². The van der Waals surface area contributed by atoms with Crippen LogP contribution >= 0.6 is 11.8 Å². The van der Waals surface area contributed by atoms with E-state index in [1.807, 2.05) is 11.8 Å². The summed E-state index contributed by atoms with van der Waals surface area (Å²) in [5.41, 5.74) is 0.424. The molecule has 2 rings (SSSR count). The molecule has 0 spiro atoms. The van der Waals surface area contributed by atoms with Crippen molar-refractivity contribution in [2.75, 3.05) is 11.1 Å². The van der Waals surface area contributed by atoms with Crippen LogP contribution in [0.15, 0.2) is 12.4 Å². The molecule has 124 valence electrons. The highest BCUT2D eigenvalue weighted by atomic mass is 32.2. The zero-order valence-corrected chi connectivity index (χ0v) is 13.4. The largest absolute Gasteiger partial charge is 0.335 e. The number of thioether (sulfide) groups is 1. The lowest BCUT2D eigenvalue weighted by atomic mass is 9.95. The highest BCUT2D eigenvalue weighted by Gasteiger charge is 2.23. The number of aromatic nitrogens is 2. The molecule has 2 atom stereocenters. The predicted octanol–water partition coefficient (Wildman–Crippen LogP) is 3.33. The van der Waals surface area contributed by atoms with Gasteiger partial charge < -0.3 is 10.6 Å². The minimum absolute atomic E-state index is 0.175. The molecule has 2 N–H and O–H groups in total. The smallest absolute Gasteiger partial charge is 0.319 e. The van der Waals surface area contributed by atoms with Crippen molar-refractivity contribution in [3.8, 4) is 0 Å². The molecule has 5 nitrogen and oxygen atoms in total. The van der Waals surface area contributed by atoms with Crippen molar-refractivity contribution in [2.45, 2.75) is 56.9 Å². The van der Waals surface area contributed by atoms with E-state index in [2.05, 4.69) is 22.7 Å². The Balaban J connectivity index is 1.78. The van der Waals surface area contributed by atoms with E-state index in [4.69, 9.17) is 0 Å². The number of alkyl halides is 2. The molecule has 1 aromatic heterocycles. The van der Waals surface area contributed by atoms with E-state index in [1.165, 1.54) is 18.8 Å². The summed E-state index contributed by atoms with van der Waals surface area (Å²) >= 11 is 1.94. The van der Waals surface area contributed by atoms with Gasteiger partial charge in [-0.15, -0.1) is 0 Å². The molecule has 0 bridgehead atoms. The molecule has 0 unspecified atom stereocenters. The summed E-state index contributed by atoms with van der Waals surface area (Å²) in [5, 5.41) is 9.99. The third-order valence-corrected chi connectivity index (χ3v) is 4.81. The van der Waals surface area contributed by atoms with Crippen LogP contribution in [0.3, 0.4) is 0 Å². The second kappa shape index (κ2) is 8.36. The minimum atomic E-state index is -2.46. The molecule has 0 saturated heterocycles. The summed E-state index contributed by atoms with van der Waals surface area (Å²) in [6.45, 7) is 1.67. The molecule has 0 radical (unpaired) electrons. The maximum Gasteiger partial charge on any atom is 0.319 e. The van der Waals surface area contributed by atoms with E-state index in [9.17, 15) is 13.6 Å². The first-order valence-electron chi connectivity index (χ1n) is 7.56. The number of urea groups is 1. The molecule has 1 heterocycles. The average Bonchev–Trinajstić information content (AvgIpc) is 2.85. The summed E-state index contributed by atoms with van der Waals surface area (Å²) in [4.78, 5) is 12.0. The number of anilines is 1. The third kappa shape index (κ3) is 5.47. The zero-order chi connectivity index (χ0) is 15.9. The van der Waals surface area contributed by atoms with Gasteiger partial charge in [-0.05, 0) is 25.0 Å². The quantitative estimate of drug-likeness (QED) is 0.840. The lowest BCUT2D eigenvalue weighted by Gasteiger charge is -2.29. The van der Waals surface area contributed by atoms with Crippen LogP contribution < -0.4 is 10.6 Å². The second-order valence-electron chi connectivity index (χ2n) is 5.38. The van der Waals surface area contributed by atoms with Gasteiger partial charge >= 0.3 is 6.03 Å². The molecule has 2 amide bonds. The van der Waals surface area contributed by atoms with Gasteiger partial charge in [-0.25, -0.2) is 13.6 Å². The third-order valence-electron chi connectivity index (χ3n) is 3.58. The maximum absolute atomic E-state index is 12.2. The van der Waals surface area contributed by atoms with Crippen molar-refractivity contribution in [2.24, 2.45) is 0 Å². The first-order chi connectivity index (χ1) is 10.6. The zero-order valence-electron chi connectivity index (χ0n) is 12.6. The van der Waals surface area contributed by atoms with Gasteiger partial charge in [0.25, 0.3) is 6.43 Å². The van der Waals surface area contributed by atoms with E-state index in [0.29, 0.717) is 10.9 Å². The van der Waals surface area contributed by atoms with Crippen LogP contribution in [0, 0.1) is 0 Å². The molecule has 1 saturated carbocycles. The van der Waals surface area contributed by atoms with Gasteiger partial charge in [-0.1, -0.05) is 13.3 Å². The number of carbonyl (C=O) groups excluding carboxylic acids is 1. The Labute approximate surface area is 133 Å². The van der Waals surface area contributed by atoms with Gasteiger partial charge in [0, 0.05) is 17.5 Å². The summed E-state index contributed by atoms with van der Waals surface area (Å²) in [6, 6.07) is -0.127. The van der Waals surface area contributed by atoms with Crippen LogP contribution in [0.5, 0.6) is 0 Å². The van der Waals surface area contributed by atoms with Crippen molar-refractivity contribution >= 4 is 23.5 Å². The number of nitrogens with zero attached hydrogens (tertiary/aromatic N) is 2. The van der Waals surface area contributed by atoms with Crippen molar-refractivity contribution in [1.29, 1.82) is 0 Å². The monoisotopic (exact) mass is 332 g/mol. The van der Waals surface area contributed by atoms with E-state index in [0.717, 1.165) is 29.7 Å². The lowest BCUT2D eigenvalue weighted by molar-refractivity contribution is 0.122. The Morgan fingerprint density at radius 1 is 1.55 bits per heavy atom. The molecule has 8 heteroatoms. The highest BCUT2D eigenvalue weighted by Crippen LogP contribution is 2.28. The average molecular weight is 332 g/mol. The van der Waals surface area contributed by atoms with Crippen LogP contribution in [-0.2, 0) is 6.54 Å². The number of rotatable bonds is 6. The molecule has 1 fully saturated rings. The normalized spacial score (nSPS) is 21.8. The summed E-state index contributed by atoms with van der Waals surface area (Å²) in [7, 11) is 0. The number of nitrogens with one attached hydrogen (secondary N) is 2. The van der Waals surface area contributed by atoms with Gasteiger partial charge in [0.05, 0.1) is 11.9 Å². The van der Waals surface area contributed by atoms with Crippen LogP contribution in [0.2, 0.25) is 0 Å². The van der Waals surface area contributed by atoms with Crippen molar-refractivity contribution in [3.05, 3.63) is 12.4 Å². The standard InChI is InChI=1S/C14H22F2N4OS/c1-2-22-12-5-3-4-10(6-12)18-14(21)19-11-7-17-20(8-11)9-13(15)16/h7-8,10,12-13H,2-6,9H2,1H3,(H2,18,19,21)/t10-,12+/m1/s1. The number of carbonyl (C=O) groups is 1. The number of amides is 2. The van der Waals surface area contributed by atoms with Crippen molar-refractivity contribution in [1.82, 2.24) is 15.1 Å². The van der Waals surface area contributed by atoms with Gasteiger partial charge in [-0.3, -0.25) is 4.68 Å². The molecule has 0 aliphatic heterocycles. The highest BCUT2D eigenvalue weighted by molar-refractivity contribution is 7.99. The Hall–Kier alpha value is -1.31. The first kappa shape index (κ1) is 17.1. The maximum atomic E-state index is 12.2. The van der Waals surface area contributed by atoms with Crippen LogP contribution in [0.1, 0.15) is 32.6 Å². The van der Waals surface area contributed by atoms with Gasteiger partial charge in [0.1, 0.15) is 6.54 Å². The van der Waals surface area contributed by atoms with Gasteiger partial charge in [0.15, 0.2) is 0 Å². The van der Waals surface area contributed by atoms with E-state index < -0.39 is 13.0 Å². The molecule has 1 aromatic rings. The first-order valence-corrected chi connectivity index (χ1v) is 8.61. The van der Waals surface area contributed by atoms with Crippen molar-refractivity contribution < 1.29 is 13.6 Å². The fourth-order valence-corrected chi connectivity index (χ4v) is 3.86. The summed E-state index contributed by atoms with van der Waals surface area (Å²) in [5.74, 6) is 1.09.